The molecule has 0 fully saturated rings. The third kappa shape index (κ3) is 3.32. The fraction of sp³-hybridized carbons (Fsp3) is 0.0476. The molecule has 1 heterocycles. The van der Waals surface area contributed by atoms with E-state index < -0.39 is 0 Å². The van der Waals surface area contributed by atoms with Gasteiger partial charge in [-0.1, -0.05) is 48.0 Å². The van der Waals surface area contributed by atoms with E-state index in [9.17, 15) is 5.11 Å². The Balaban J connectivity index is 1.87. The Hall–Kier alpha value is -2.91. The Bertz CT molecular complexity index is 1050. The number of hydrogen-bond acceptors (Lipinski definition) is 3. The van der Waals surface area contributed by atoms with E-state index >= 15 is 0 Å². The normalized spacial score (nSPS) is 10.9. The van der Waals surface area contributed by atoms with E-state index in [4.69, 9.17) is 21.6 Å². The second-order valence-electron chi connectivity index (χ2n) is 5.86. The van der Waals surface area contributed by atoms with Gasteiger partial charge in [-0.05, 0) is 42.0 Å². The van der Waals surface area contributed by atoms with E-state index in [2.05, 4.69) is 0 Å². The number of phenolic OH excluding ortho intramolecular Hbond substituents is 1. The van der Waals surface area contributed by atoms with Crippen LogP contribution in [0.1, 0.15) is 11.3 Å². The monoisotopic (exact) mass is 346 g/mol. The topological polar surface area (TPSA) is 46.0 Å². The van der Waals surface area contributed by atoms with E-state index in [1.165, 1.54) is 0 Å². The predicted molar refractivity (Wildman–Crippen MR) is 101 cm³/mol. The van der Waals surface area contributed by atoms with E-state index in [0.29, 0.717) is 11.4 Å². The van der Waals surface area contributed by atoms with Gasteiger partial charge < -0.3 is 5.11 Å². The van der Waals surface area contributed by atoms with Crippen LogP contribution in [-0.2, 0) is 6.42 Å². The van der Waals surface area contributed by atoms with Crippen molar-refractivity contribution in [1.82, 2.24) is 9.97 Å². The number of rotatable bonds is 3. The van der Waals surface area contributed by atoms with Crippen LogP contribution in [0.5, 0.6) is 5.75 Å². The van der Waals surface area contributed by atoms with Crippen LogP contribution in [0.2, 0.25) is 5.02 Å². The van der Waals surface area contributed by atoms with Crippen molar-refractivity contribution < 1.29 is 5.11 Å². The van der Waals surface area contributed by atoms with Gasteiger partial charge in [0.2, 0.25) is 0 Å². The molecular weight excluding hydrogens is 332 g/mol. The van der Waals surface area contributed by atoms with Gasteiger partial charge in [-0.15, -0.1) is 0 Å². The number of aromatic nitrogens is 2. The fourth-order valence-electron chi connectivity index (χ4n) is 2.83. The second kappa shape index (κ2) is 6.54. The standard InChI is InChI=1S/C21H15ClN2O/c22-16-5-3-4-15(13-16)21-20(12-14-8-10-17(25)11-9-14)23-18-6-1-2-7-19(18)24-21/h1-11,13,25H,12H2. The average Bonchev–Trinajstić information content (AvgIpc) is 2.63. The largest absolute Gasteiger partial charge is 0.508 e. The third-order valence-corrected chi connectivity index (χ3v) is 4.28. The van der Waals surface area contributed by atoms with Gasteiger partial charge in [0.25, 0.3) is 0 Å². The first-order valence-corrected chi connectivity index (χ1v) is 8.36. The summed E-state index contributed by atoms with van der Waals surface area (Å²) < 4.78 is 0. The molecule has 1 N–H and O–H groups in total. The predicted octanol–water partition coefficient (Wildman–Crippen LogP) is 5.25. The molecule has 0 aliphatic carbocycles. The van der Waals surface area contributed by atoms with E-state index in [1.807, 2.05) is 60.7 Å². The van der Waals surface area contributed by atoms with Crippen LogP contribution in [0, 0.1) is 0 Å². The van der Waals surface area contributed by atoms with E-state index in [1.54, 1.807) is 12.1 Å². The Morgan fingerprint density at radius 2 is 1.52 bits per heavy atom. The van der Waals surface area contributed by atoms with Gasteiger partial charge >= 0.3 is 0 Å². The Kier molecular flexibility index (Phi) is 4.08. The van der Waals surface area contributed by atoms with Crippen LogP contribution >= 0.6 is 11.6 Å². The molecule has 0 amide bonds. The van der Waals surface area contributed by atoms with Crippen molar-refractivity contribution in [1.29, 1.82) is 0 Å². The Morgan fingerprint density at radius 3 is 2.24 bits per heavy atom. The number of fused-ring (bicyclic) bond motifs is 1. The van der Waals surface area contributed by atoms with Crippen molar-refractivity contribution >= 4 is 22.6 Å². The molecular formula is C21H15ClN2O. The maximum Gasteiger partial charge on any atom is 0.115 e. The molecule has 0 spiro atoms. The quantitative estimate of drug-likeness (QED) is 0.551. The zero-order chi connectivity index (χ0) is 17.2. The minimum atomic E-state index is 0.253. The highest BCUT2D eigenvalue weighted by molar-refractivity contribution is 6.30. The van der Waals surface area contributed by atoms with Gasteiger partial charge in [0, 0.05) is 17.0 Å². The summed E-state index contributed by atoms with van der Waals surface area (Å²) >= 11 is 6.17. The Morgan fingerprint density at radius 1 is 0.800 bits per heavy atom. The van der Waals surface area contributed by atoms with Crippen molar-refractivity contribution in [3.8, 4) is 17.0 Å². The summed E-state index contributed by atoms with van der Waals surface area (Å²) in [6.07, 6.45) is 0.625. The summed E-state index contributed by atoms with van der Waals surface area (Å²) in [5.74, 6) is 0.253. The van der Waals surface area contributed by atoms with Crippen LogP contribution in [0.15, 0.2) is 72.8 Å². The summed E-state index contributed by atoms with van der Waals surface area (Å²) in [4.78, 5) is 9.66. The van der Waals surface area contributed by atoms with E-state index in [-0.39, 0.29) is 5.75 Å². The van der Waals surface area contributed by atoms with Gasteiger partial charge in [0.1, 0.15) is 5.75 Å². The molecule has 4 rings (SSSR count). The number of para-hydroxylation sites is 2. The minimum Gasteiger partial charge on any atom is -0.508 e. The molecule has 0 bridgehead atoms. The maximum absolute atomic E-state index is 9.48. The lowest BCUT2D eigenvalue weighted by Gasteiger charge is -2.11. The molecule has 1 aromatic heterocycles. The highest BCUT2D eigenvalue weighted by Crippen LogP contribution is 2.27. The average molecular weight is 347 g/mol. The first-order valence-electron chi connectivity index (χ1n) is 7.98. The number of benzene rings is 3. The lowest BCUT2D eigenvalue weighted by Crippen LogP contribution is -2.00. The fourth-order valence-corrected chi connectivity index (χ4v) is 3.02. The SMILES string of the molecule is Oc1ccc(Cc2nc3ccccc3nc2-c2cccc(Cl)c2)cc1. The van der Waals surface area contributed by atoms with Crippen molar-refractivity contribution in [2.75, 3.05) is 0 Å². The molecule has 25 heavy (non-hydrogen) atoms. The molecule has 3 nitrogen and oxygen atoms in total. The highest BCUT2D eigenvalue weighted by atomic mass is 35.5. The molecule has 0 unspecified atom stereocenters. The highest BCUT2D eigenvalue weighted by Gasteiger charge is 2.12. The number of nitrogens with zero attached hydrogens (tertiary/aromatic N) is 2. The summed E-state index contributed by atoms with van der Waals surface area (Å²) in [6.45, 7) is 0. The summed E-state index contributed by atoms with van der Waals surface area (Å²) in [5.41, 5.74) is 5.43. The first-order chi connectivity index (χ1) is 12.2. The minimum absolute atomic E-state index is 0.253. The van der Waals surface area contributed by atoms with Gasteiger partial charge in [0.05, 0.1) is 22.4 Å². The number of hydrogen-bond donors (Lipinski definition) is 1. The van der Waals surface area contributed by atoms with Gasteiger partial charge in [-0.3, -0.25) is 0 Å². The first kappa shape index (κ1) is 15.6. The van der Waals surface area contributed by atoms with Crippen LogP contribution in [0.25, 0.3) is 22.3 Å². The molecule has 0 radical (unpaired) electrons. The molecule has 3 aromatic carbocycles. The molecule has 0 aliphatic rings. The Labute approximate surface area is 150 Å². The van der Waals surface area contributed by atoms with Gasteiger partial charge in [-0.25, -0.2) is 9.97 Å². The lowest BCUT2D eigenvalue weighted by molar-refractivity contribution is 0.475. The summed E-state index contributed by atoms with van der Waals surface area (Å²) in [5, 5.41) is 10.2. The van der Waals surface area contributed by atoms with Crippen molar-refractivity contribution in [2.24, 2.45) is 0 Å². The smallest absolute Gasteiger partial charge is 0.115 e. The molecule has 0 atom stereocenters. The van der Waals surface area contributed by atoms with E-state index in [0.717, 1.165) is 33.5 Å². The molecule has 4 aromatic rings. The molecule has 0 saturated carbocycles. The molecule has 0 saturated heterocycles. The van der Waals surface area contributed by atoms with Crippen LogP contribution < -0.4 is 0 Å². The van der Waals surface area contributed by atoms with Crippen LogP contribution in [0.4, 0.5) is 0 Å². The van der Waals surface area contributed by atoms with Gasteiger partial charge in [-0.2, -0.15) is 0 Å². The lowest BCUT2D eigenvalue weighted by atomic mass is 10.0. The summed E-state index contributed by atoms with van der Waals surface area (Å²) in [6, 6.07) is 22.7. The summed E-state index contributed by atoms with van der Waals surface area (Å²) in [7, 11) is 0. The third-order valence-electron chi connectivity index (χ3n) is 4.05. The molecule has 0 aliphatic heterocycles. The van der Waals surface area contributed by atoms with Crippen molar-refractivity contribution in [3.63, 3.8) is 0 Å². The molecule has 4 heteroatoms. The van der Waals surface area contributed by atoms with Gasteiger partial charge in [0.15, 0.2) is 0 Å². The van der Waals surface area contributed by atoms with Crippen molar-refractivity contribution in [2.45, 2.75) is 6.42 Å². The number of halogens is 1. The number of aromatic hydroxyl groups is 1. The zero-order valence-electron chi connectivity index (χ0n) is 13.4. The number of phenols is 1. The van der Waals surface area contributed by atoms with Crippen LogP contribution in [-0.4, -0.2) is 15.1 Å². The zero-order valence-corrected chi connectivity index (χ0v) is 14.1. The van der Waals surface area contributed by atoms with Crippen molar-refractivity contribution in [3.05, 3.63) is 89.1 Å². The maximum atomic E-state index is 9.48. The van der Waals surface area contributed by atoms with Crippen LogP contribution in [0.3, 0.4) is 0 Å². The second-order valence-corrected chi connectivity index (χ2v) is 6.30. The molecule has 122 valence electrons.